The molecule has 2 fully saturated rings. The van der Waals surface area contributed by atoms with Gasteiger partial charge in [0.25, 0.3) is 0 Å². The molecule has 2 saturated heterocycles. The van der Waals surface area contributed by atoms with E-state index in [0.717, 1.165) is 25.7 Å². The Kier molecular flexibility index (Phi) is 9.02. The van der Waals surface area contributed by atoms with Crippen LogP contribution in [0.3, 0.4) is 0 Å². The zero-order chi connectivity index (χ0) is 20.4. The first-order valence-corrected chi connectivity index (χ1v) is 10.0. The van der Waals surface area contributed by atoms with Gasteiger partial charge in [0.15, 0.2) is 0 Å². The number of carbonyl (C=O) groups excluding carboxylic acids is 2. The van der Waals surface area contributed by atoms with Gasteiger partial charge in [-0.2, -0.15) is 0 Å². The predicted octanol–water partition coefficient (Wildman–Crippen LogP) is 1.63. The van der Waals surface area contributed by atoms with Crippen LogP contribution in [0.2, 0.25) is 0 Å². The Hall–Kier alpha value is -2.33. The van der Waals surface area contributed by atoms with Crippen molar-refractivity contribution in [3.05, 3.63) is 12.2 Å². The van der Waals surface area contributed by atoms with Crippen molar-refractivity contribution in [3.63, 3.8) is 0 Å². The molecule has 28 heavy (non-hydrogen) atoms. The molecule has 0 radical (unpaired) electrons. The topological polar surface area (TPSA) is 105 Å². The van der Waals surface area contributed by atoms with Gasteiger partial charge >= 0.3 is 5.97 Å². The third-order valence-corrected chi connectivity index (χ3v) is 5.37. The lowest BCUT2D eigenvalue weighted by Gasteiger charge is -2.27. The summed E-state index contributed by atoms with van der Waals surface area (Å²) in [6.45, 7) is 0.888. The maximum absolute atomic E-state index is 12.0. The number of unbranched alkanes of at least 4 members (excludes halogenated alkanes) is 1. The predicted molar refractivity (Wildman–Crippen MR) is 104 cm³/mol. The Morgan fingerprint density at radius 3 is 2.54 bits per heavy atom. The number of hydrogen-bond donors (Lipinski definition) is 3. The molecular formula is C21H30N2O5. The number of allylic oxidation sites excluding steroid dienone is 2. The fourth-order valence-corrected chi connectivity index (χ4v) is 4.00. The molecule has 0 aromatic carbocycles. The normalized spacial score (nSPS) is 25.5. The Balaban J connectivity index is 1.72. The number of amides is 2. The molecule has 7 heteroatoms. The van der Waals surface area contributed by atoms with Crippen LogP contribution in [-0.4, -0.2) is 48.2 Å². The SMILES string of the molecule is C#CCCNC(=O)CC(=O)NC[C@H]1[C@@H](C/C=C\CCCC(=O)O)[C@H]2CC[C@@H]1O2. The molecule has 0 saturated carbocycles. The van der Waals surface area contributed by atoms with Gasteiger partial charge in [-0.3, -0.25) is 14.4 Å². The molecule has 2 aliphatic heterocycles. The average Bonchev–Trinajstić information content (AvgIpc) is 3.24. The minimum atomic E-state index is -0.768. The highest BCUT2D eigenvalue weighted by molar-refractivity contribution is 5.96. The number of fused-ring (bicyclic) bond motifs is 2. The van der Waals surface area contributed by atoms with E-state index in [1.165, 1.54) is 0 Å². The second-order valence-electron chi connectivity index (χ2n) is 7.40. The lowest BCUT2D eigenvalue weighted by atomic mass is 9.77. The molecule has 7 nitrogen and oxygen atoms in total. The summed E-state index contributed by atoms with van der Waals surface area (Å²) in [7, 11) is 0. The fraction of sp³-hybridized carbons (Fsp3) is 0.667. The second-order valence-corrected chi connectivity index (χ2v) is 7.40. The van der Waals surface area contributed by atoms with Crippen LogP contribution >= 0.6 is 0 Å². The minimum absolute atomic E-state index is 0.167. The molecule has 0 unspecified atom stereocenters. The van der Waals surface area contributed by atoms with Crippen molar-refractivity contribution >= 4 is 17.8 Å². The van der Waals surface area contributed by atoms with Crippen LogP contribution in [0.5, 0.6) is 0 Å². The van der Waals surface area contributed by atoms with E-state index in [1.54, 1.807) is 0 Å². The molecule has 2 aliphatic rings. The number of terminal acetylenes is 1. The van der Waals surface area contributed by atoms with E-state index in [1.807, 2.05) is 6.08 Å². The molecule has 2 rings (SSSR count). The number of aliphatic carboxylic acids is 1. The van der Waals surface area contributed by atoms with Gasteiger partial charge in [0.2, 0.25) is 11.8 Å². The first kappa shape index (κ1) is 22.0. The summed E-state index contributed by atoms with van der Waals surface area (Å²) in [4.78, 5) is 34.2. The third kappa shape index (κ3) is 7.01. The Morgan fingerprint density at radius 1 is 1.11 bits per heavy atom. The van der Waals surface area contributed by atoms with Crippen molar-refractivity contribution in [2.75, 3.05) is 13.1 Å². The van der Waals surface area contributed by atoms with E-state index >= 15 is 0 Å². The summed E-state index contributed by atoms with van der Waals surface area (Å²) in [5, 5.41) is 14.1. The number of rotatable bonds is 12. The zero-order valence-corrected chi connectivity index (χ0v) is 16.2. The summed E-state index contributed by atoms with van der Waals surface area (Å²) >= 11 is 0. The lowest BCUT2D eigenvalue weighted by Crippen LogP contribution is -2.39. The van der Waals surface area contributed by atoms with Crippen LogP contribution in [0.15, 0.2) is 12.2 Å². The van der Waals surface area contributed by atoms with Crippen molar-refractivity contribution in [2.24, 2.45) is 11.8 Å². The van der Waals surface area contributed by atoms with Crippen LogP contribution in [0.25, 0.3) is 0 Å². The molecule has 0 spiro atoms. The van der Waals surface area contributed by atoms with E-state index in [9.17, 15) is 14.4 Å². The summed E-state index contributed by atoms with van der Waals surface area (Å²) in [5.41, 5.74) is 0. The standard InChI is InChI=1S/C21H30N2O5/c1-2-3-12-22-19(24)13-20(25)23-14-16-15(17-10-11-18(16)28-17)8-6-4-5-7-9-21(26)27/h1,4,6,15-18H,3,5,7-14H2,(H,22,24)(H,23,25)(H,26,27)/b6-4-/t15-,16+,17-,18+/m1/s1. The number of ether oxygens (including phenoxy) is 1. The van der Waals surface area contributed by atoms with Crippen LogP contribution in [0.1, 0.15) is 51.4 Å². The fourth-order valence-electron chi connectivity index (χ4n) is 4.00. The summed E-state index contributed by atoms with van der Waals surface area (Å²) in [6.07, 6.45) is 14.4. The molecule has 3 N–H and O–H groups in total. The van der Waals surface area contributed by atoms with E-state index in [0.29, 0.717) is 31.8 Å². The number of carboxylic acids is 1. The lowest BCUT2D eigenvalue weighted by molar-refractivity contribution is -0.137. The van der Waals surface area contributed by atoms with E-state index in [-0.39, 0.29) is 42.8 Å². The van der Waals surface area contributed by atoms with Gasteiger partial charge in [-0.15, -0.1) is 12.3 Å². The summed E-state index contributed by atoms with van der Waals surface area (Å²) in [6, 6.07) is 0. The molecule has 2 amide bonds. The van der Waals surface area contributed by atoms with Crippen LogP contribution < -0.4 is 10.6 Å². The number of nitrogens with one attached hydrogen (secondary N) is 2. The zero-order valence-electron chi connectivity index (χ0n) is 16.2. The number of carbonyl (C=O) groups is 3. The van der Waals surface area contributed by atoms with Gasteiger partial charge in [-0.1, -0.05) is 12.2 Å². The van der Waals surface area contributed by atoms with E-state index in [4.69, 9.17) is 16.3 Å². The van der Waals surface area contributed by atoms with Crippen molar-refractivity contribution in [3.8, 4) is 12.3 Å². The highest BCUT2D eigenvalue weighted by atomic mass is 16.5. The highest BCUT2D eigenvalue weighted by Crippen LogP contribution is 2.44. The maximum Gasteiger partial charge on any atom is 0.303 e. The average molecular weight is 390 g/mol. The van der Waals surface area contributed by atoms with E-state index < -0.39 is 5.97 Å². The quantitative estimate of drug-likeness (QED) is 0.203. The van der Waals surface area contributed by atoms with Crippen molar-refractivity contribution in [2.45, 2.75) is 63.6 Å². The van der Waals surface area contributed by atoms with Crippen LogP contribution in [0.4, 0.5) is 0 Å². The number of carboxylic acid groups (broad SMARTS) is 1. The second kappa shape index (κ2) is 11.5. The van der Waals surface area contributed by atoms with Gasteiger partial charge < -0.3 is 20.5 Å². The van der Waals surface area contributed by atoms with Gasteiger partial charge in [0.05, 0.1) is 12.2 Å². The molecule has 154 valence electrons. The van der Waals surface area contributed by atoms with Gasteiger partial charge in [-0.25, -0.2) is 0 Å². The van der Waals surface area contributed by atoms with Gasteiger partial charge in [0, 0.05) is 31.8 Å². The van der Waals surface area contributed by atoms with Gasteiger partial charge in [0.1, 0.15) is 6.42 Å². The third-order valence-electron chi connectivity index (χ3n) is 5.37. The van der Waals surface area contributed by atoms with Crippen LogP contribution in [-0.2, 0) is 19.1 Å². The van der Waals surface area contributed by atoms with Crippen molar-refractivity contribution < 1.29 is 24.2 Å². The Morgan fingerprint density at radius 2 is 1.82 bits per heavy atom. The largest absolute Gasteiger partial charge is 0.481 e. The molecule has 2 bridgehead atoms. The smallest absolute Gasteiger partial charge is 0.303 e. The van der Waals surface area contributed by atoms with E-state index in [2.05, 4.69) is 22.6 Å². The first-order valence-electron chi connectivity index (χ1n) is 10.0. The summed E-state index contributed by atoms with van der Waals surface area (Å²) < 4.78 is 6.03. The minimum Gasteiger partial charge on any atom is -0.481 e. The van der Waals surface area contributed by atoms with Crippen molar-refractivity contribution in [1.82, 2.24) is 10.6 Å². The Labute approximate surface area is 166 Å². The Bertz CT molecular complexity index is 625. The van der Waals surface area contributed by atoms with Crippen molar-refractivity contribution in [1.29, 1.82) is 0 Å². The molecule has 0 aliphatic carbocycles. The maximum atomic E-state index is 12.0. The highest BCUT2D eigenvalue weighted by Gasteiger charge is 2.47. The molecular weight excluding hydrogens is 360 g/mol. The van der Waals surface area contributed by atoms with Gasteiger partial charge in [-0.05, 0) is 38.0 Å². The molecule has 4 atom stereocenters. The number of hydrogen-bond acceptors (Lipinski definition) is 4. The molecule has 0 aromatic rings. The molecule has 0 aromatic heterocycles. The monoisotopic (exact) mass is 390 g/mol. The first-order chi connectivity index (χ1) is 13.5. The summed E-state index contributed by atoms with van der Waals surface area (Å²) in [5.74, 6) is 1.65. The van der Waals surface area contributed by atoms with Crippen LogP contribution in [0, 0.1) is 24.2 Å². The molecule has 2 heterocycles.